The number of carbonyl (C=O) groups excluding carboxylic acids is 1. The average Bonchev–Trinajstić information content (AvgIpc) is 2.94. The number of carbonyl (C=O) groups is 1. The minimum atomic E-state index is -0.393. The van der Waals surface area contributed by atoms with Crippen molar-refractivity contribution in [2.24, 2.45) is 0 Å². The van der Waals surface area contributed by atoms with Crippen molar-refractivity contribution >= 4 is 6.09 Å². The van der Waals surface area contributed by atoms with Crippen LogP contribution in [-0.2, 0) is 9.47 Å². The van der Waals surface area contributed by atoms with Crippen molar-refractivity contribution in [1.29, 1.82) is 0 Å². The monoisotopic (exact) mass is 323 g/mol. The molecular weight excluding hydrogens is 302 g/mol. The van der Waals surface area contributed by atoms with E-state index >= 15 is 0 Å². The number of nitrogens with one attached hydrogen (secondary N) is 1. The van der Waals surface area contributed by atoms with Crippen molar-refractivity contribution in [2.75, 3.05) is 19.8 Å². The molecule has 0 unspecified atom stereocenters. The minimum absolute atomic E-state index is 0.0900. The molecule has 4 heteroatoms. The third-order valence-corrected chi connectivity index (χ3v) is 4.17. The van der Waals surface area contributed by atoms with Gasteiger partial charge in [-0.2, -0.15) is 0 Å². The summed E-state index contributed by atoms with van der Waals surface area (Å²) in [6.45, 7) is 4.86. The summed E-state index contributed by atoms with van der Waals surface area (Å²) in [5, 5.41) is 2.74. The van der Waals surface area contributed by atoms with Crippen LogP contribution in [0.3, 0.4) is 0 Å². The van der Waals surface area contributed by atoms with E-state index in [1.54, 1.807) is 0 Å². The van der Waals surface area contributed by atoms with E-state index in [2.05, 4.69) is 36.2 Å². The van der Waals surface area contributed by atoms with Gasteiger partial charge in [0, 0.05) is 12.5 Å². The van der Waals surface area contributed by atoms with Crippen LogP contribution in [0.2, 0.25) is 0 Å². The van der Waals surface area contributed by atoms with Crippen LogP contribution >= 0.6 is 0 Å². The smallest absolute Gasteiger partial charge is 0.407 e. The highest BCUT2D eigenvalue weighted by molar-refractivity contribution is 5.79. The molecule has 1 aliphatic rings. The molecule has 124 valence electrons. The molecule has 1 N–H and O–H groups in total. The highest BCUT2D eigenvalue weighted by Gasteiger charge is 2.28. The van der Waals surface area contributed by atoms with Gasteiger partial charge in [-0.05, 0) is 28.7 Å². The molecule has 0 spiro atoms. The van der Waals surface area contributed by atoms with Crippen molar-refractivity contribution in [1.82, 2.24) is 5.32 Å². The van der Waals surface area contributed by atoms with Crippen molar-refractivity contribution in [2.45, 2.75) is 12.3 Å². The zero-order valence-corrected chi connectivity index (χ0v) is 13.5. The molecule has 0 atom stereocenters. The Morgan fingerprint density at radius 1 is 1.08 bits per heavy atom. The Bertz CT molecular complexity index is 681. The molecule has 2 aromatic rings. The maximum absolute atomic E-state index is 11.9. The van der Waals surface area contributed by atoms with Gasteiger partial charge >= 0.3 is 6.09 Å². The molecule has 3 rings (SSSR count). The molecule has 0 radical (unpaired) electrons. The predicted octanol–water partition coefficient (Wildman–Crippen LogP) is 4.08. The van der Waals surface area contributed by atoms with Gasteiger partial charge in [0.15, 0.2) is 0 Å². The molecule has 0 aliphatic heterocycles. The number of ether oxygens (including phenoxy) is 2. The molecule has 24 heavy (non-hydrogen) atoms. The van der Waals surface area contributed by atoms with E-state index in [0.717, 1.165) is 6.42 Å². The Morgan fingerprint density at radius 3 is 2.33 bits per heavy atom. The lowest BCUT2D eigenvalue weighted by molar-refractivity contribution is 0.142. The first kappa shape index (κ1) is 16.1. The number of amides is 1. The number of hydrogen-bond acceptors (Lipinski definition) is 3. The second-order valence-corrected chi connectivity index (χ2v) is 5.64. The summed E-state index contributed by atoms with van der Waals surface area (Å²) in [6, 6.07) is 16.6. The SMILES string of the molecule is C=COCCCNC(=O)OCC1c2ccccc2-c2ccccc21. The van der Waals surface area contributed by atoms with Gasteiger partial charge in [0.05, 0.1) is 12.9 Å². The van der Waals surface area contributed by atoms with E-state index in [1.165, 1.54) is 28.5 Å². The molecule has 0 fully saturated rings. The third-order valence-electron chi connectivity index (χ3n) is 4.17. The van der Waals surface area contributed by atoms with Gasteiger partial charge in [-0.15, -0.1) is 0 Å². The van der Waals surface area contributed by atoms with Gasteiger partial charge in [-0.3, -0.25) is 0 Å². The molecule has 1 aliphatic carbocycles. The number of benzene rings is 2. The molecule has 0 saturated heterocycles. The van der Waals surface area contributed by atoms with E-state index in [4.69, 9.17) is 9.47 Å². The van der Waals surface area contributed by atoms with Gasteiger partial charge in [0.25, 0.3) is 0 Å². The molecular formula is C20H21NO3. The Labute approximate surface area is 142 Å². The molecule has 0 bridgehead atoms. The fourth-order valence-electron chi connectivity index (χ4n) is 3.08. The van der Waals surface area contributed by atoms with E-state index in [0.29, 0.717) is 19.8 Å². The minimum Gasteiger partial charge on any atom is -0.502 e. The average molecular weight is 323 g/mol. The van der Waals surface area contributed by atoms with E-state index in [-0.39, 0.29) is 5.92 Å². The summed E-state index contributed by atoms with van der Waals surface area (Å²) in [5.41, 5.74) is 4.88. The number of fused-ring (bicyclic) bond motifs is 3. The number of alkyl carbamates (subject to hydrolysis) is 1. The van der Waals surface area contributed by atoms with Crippen LogP contribution < -0.4 is 5.32 Å². The van der Waals surface area contributed by atoms with E-state index < -0.39 is 6.09 Å². The largest absolute Gasteiger partial charge is 0.502 e. The van der Waals surface area contributed by atoms with Gasteiger partial charge in [-0.25, -0.2) is 4.79 Å². The maximum atomic E-state index is 11.9. The lowest BCUT2D eigenvalue weighted by Crippen LogP contribution is -2.27. The van der Waals surface area contributed by atoms with Crippen molar-refractivity contribution < 1.29 is 14.3 Å². The number of rotatable bonds is 7. The predicted molar refractivity (Wildman–Crippen MR) is 93.8 cm³/mol. The zero-order valence-electron chi connectivity index (χ0n) is 13.5. The summed E-state index contributed by atoms with van der Waals surface area (Å²) in [7, 11) is 0. The first-order valence-electron chi connectivity index (χ1n) is 8.12. The maximum Gasteiger partial charge on any atom is 0.407 e. The highest BCUT2D eigenvalue weighted by atomic mass is 16.5. The van der Waals surface area contributed by atoms with Gasteiger partial charge in [-0.1, -0.05) is 55.1 Å². The molecule has 0 heterocycles. The summed E-state index contributed by atoms with van der Waals surface area (Å²) < 4.78 is 10.4. The van der Waals surface area contributed by atoms with E-state index in [1.807, 2.05) is 24.3 Å². The van der Waals surface area contributed by atoms with Crippen LogP contribution in [0, 0.1) is 0 Å². The van der Waals surface area contributed by atoms with Crippen LogP contribution in [0.4, 0.5) is 4.79 Å². The molecule has 0 saturated carbocycles. The Kier molecular flexibility index (Phi) is 5.16. The summed E-state index contributed by atoms with van der Waals surface area (Å²) in [5.74, 6) is 0.0900. The second-order valence-electron chi connectivity index (χ2n) is 5.64. The topological polar surface area (TPSA) is 47.6 Å². The third kappa shape index (κ3) is 3.43. The van der Waals surface area contributed by atoms with Crippen molar-refractivity contribution in [3.8, 4) is 11.1 Å². The zero-order chi connectivity index (χ0) is 16.8. The normalized spacial score (nSPS) is 12.2. The van der Waals surface area contributed by atoms with Crippen LogP contribution in [0.1, 0.15) is 23.5 Å². The summed E-state index contributed by atoms with van der Waals surface area (Å²) in [4.78, 5) is 11.9. The van der Waals surface area contributed by atoms with Crippen LogP contribution in [0.25, 0.3) is 11.1 Å². The lowest BCUT2D eigenvalue weighted by atomic mass is 9.98. The van der Waals surface area contributed by atoms with Crippen molar-refractivity contribution in [3.05, 3.63) is 72.5 Å². The quantitative estimate of drug-likeness (QED) is 0.617. The second kappa shape index (κ2) is 7.68. The Hall–Kier alpha value is -2.75. The Balaban J connectivity index is 1.59. The number of hydrogen-bond donors (Lipinski definition) is 1. The fourth-order valence-corrected chi connectivity index (χ4v) is 3.08. The van der Waals surface area contributed by atoms with Gasteiger partial charge in [0.2, 0.25) is 0 Å². The van der Waals surface area contributed by atoms with Gasteiger partial charge in [0.1, 0.15) is 6.61 Å². The molecule has 1 amide bonds. The van der Waals surface area contributed by atoms with Gasteiger partial charge < -0.3 is 14.8 Å². The first-order chi connectivity index (χ1) is 11.8. The Morgan fingerprint density at radius 2 is 1.71 bits per heavy atom. The summed E-state index contributed by atoms with van der Waals surface area (Å²) in [6.07, 6.45) is 1.72. The van der Waals surface area contributed by atoms with Crippen LogP contribution in [0.5, 0.6) is 0 Å². The van der Waals surface area contributed by atoms with Crippen LogP contribution in [-0.4, -0.2) is 25.9 Å². The molecule has 4 nitrogen and oxygen atoms in total. The summed E-state index contributed by atoms with van der Waals surface area (Å²) >= 11 is 0. The van der Waals surface area contributed by atoms with Crippen molar-refractivity contribution in [3.63, 3.8) is 0 Å². The first-order valence-corrected chi connectivity index (χ1v) is 8.12. The lowest BCUT2D eigenvalue weighted by Gasteiger charge is -2.14. The molecule has 2 aromatic carbocycles. The molecule has 0 aromatic heterocycles. The van der Waals surface area contributed by atoms with Crippen LogP contribution in [0.15, 0.2) is 61.4 Å². The standard InChI is InChI=1S/C20H21NO3/c1-2-23-13-7-12-21-20(22)24-14-19-17-10-5-3-8-15(17)16-9-4-6-11-18(16)19/h2-6,8-11,19H,1,7,12-14H2,(H,21,22). The highest BCUT2D eigenvalue weighted by Crippen LogP contribution is 2.44. The fraction of sp³-hybridized carbons (Fsp3) is 0.250. The van der Waals surface area contributed by atoms with E-state index in [9.17, 15) is 4.79 Å².